The summed E-state index contributed by atoms with van der Waals surface area (Å²) in [5.41, 5.74) is 1.07. The third kappa shape index (κ3) is 3.84. The molecule has 0 bridgehead atoms. The van der Waals surface area contributed by atoms with E-state index in [4.69, 9.17) is 0 Å². The van der Waals surface area contributed by atoms with Crippen molar-refractivity contribution in [3.8, 4) is 0 Å². The molecule has 1 aromatic rings. The van der Waals surface area contributed by atoms with E-state index in [1.54, 1.807) is 7.05 Å². The Labute approximate surface area is 110 Å². The number of carbonyl (C=O) groups excluding carboxylic acids is 1. The van der Waals surface area contributed by atoms with Gasteiger partial charge in [-0.05, 0) is 17.9 Å². The highest BCUT2D eigenvalue weighted by Crippen LogP contribution is 2.23. The molecule has 1 amide bonds. The third-order valence-corrected chi connectivity index (χ3v) is 3.09. The molecule has 0 aliphatic rings. The van der Waals surface area contributed by atoms with Crippen LogP contribution in [0, 0.1) is 5.41 Å². The van der Waals surface area contributed by atoms with Gasteiger partial charge in [-0.2, -0.15) is 0 Å². The summed E-state index contributed by atoms with van der Waals surface area (Å²) in [6, 6.07) is 10.1. The molecule has 0 radical (unpaired) electrons. The molecule has 0 aliphatic heterocycles. The van der Waals surface area contributed by atoms with E-state index in [0.717, 1.165) is 0 Å². The zero-order chi connectivity index (χ0) is 13.8. The standard InChI is InChI=1S/C15H24N2O/c1-11(12-9-7-6-8-10-12)17-13(14(18)16-5)15(2,3)4/h6-11,13,17H,1-5H3,(H,16,18)/t11-,13-/m0/s1. The van der Waals surface area contributed by atoms with Gasteiger partial charge in [0.05, 0.1) is 6.04 Å². The second kappa shape index (κ2) is 6.01. The van der Waals surface area contributed by atoms with Gasteiger partial charge >= 0.3 is 0 Å². The summed E-state index contributed by atoms with van der Waals surface area (Å²) in [6.45, 7) is 8.28. The highest BCUT2D eigenvalue weighted by molar-refractivity contribution is 5.82. The maximum Gasteiger partial charge on any atom is 0.237 e. The lowest BCUT2D eigenvalue weighted by Gasteiger charge is -2.32. The normalized spacial score (nSPS) is 14.9. The largest absolute Gasteiger partial charge is 0.358 e. The SMILES string of the molecule is CNC(=O)[C@H](N[C@@H](C)c1ccccc1)C(C)(C)C. The number of amides is 1. The van der Waals surface area contributed by atoms with Crippen LogP contribution in [0.4, 0.5) is 0 Å². The fraction of sp³-hybridized carbons (Fsp3) is 0.533. The Kier molecular flexibility index (Phi) is 4.91. The molecule has 3 nitrogen and oxygen atoms in total. The maximum absolute atomic E-state index is 12.0. The Morgan fingerprint density at radius 3 is 2.17 bits per heavy atom. The highest BCUT2D eigenvalue weighted by Gasteiger charge is 2.31. The maximum atomic E-state index is 12.0. The number of carbonyl (C=O) groups is 1. The van der Waals surface area contributed by atoms with Gasteiger partial charge in [0, 0.05) is 13.1 Å². The lowest BCUT2D eigenvalue weighted by atomic mass is 9.85. The fourth-order valence-electron chi connectivity index (χ4n) is 1.95. The van der Waals surface area contributed by atoms with Crippen LogP contribution in [0.5, 0.6) is 0 Å². The van der Waals surface area contributed by atoms with Gasteiger partial charge in [0.25, 0.3) is 0 Å². The van der Waals surface area contributed by atoms with E-state index < -0.39 is 0 Å². The predicted molar refractivity (Wildman–Crippen MR) is 75.3 cm³/mol. The Bertz CT molecular complexity index is 381. The van der Waals surface area contributed by atoms with Crippen molar-refractivity contribution in [3.05, 3.63) is 35.9 Å². The molecule has 0 aromatic heterocycles. The number of rotatable bonds is 4. The zero-order valence-corrected chi connectivity index (χ0v) is 11.9. The van der Waals surface area contributed by atoms with Crippen LogP contribution in [0.2, 0.25) is 0 Å². The molecule has 1 aromatic carbocycles. The highest BCUT2D eigenvalue weighted by atomic mass is 16.2. The molecule has 3 heteroatoms. The smallest absolute Gasteiger partial charge is 0.237 e. The van der Waals surface area contributed by atoms with Crippen molar-refractivity contribution in [1.82, 2.24) is 10.6 Å². The molecule has 1 rings (SSSR count). The predicted octanol–water partition coefficient (Wildman–Crippen LogP) is 2.50. The first kappa shape index (κ1) is 14.7. The van der Waals surface area contributed by atoms with Gasteiger partial charge in [0.1, 0.15) is 0 Å². The van der Waals surface area contributed by atoms with E-state index in [0.29, 0.717) is 0 Å². The first-order chi connectivity index (χ1) is 8.36. The van der Waals surface area contributed by atoms with E-state index in [2.05, 4.69) is 50.5 Å². The van der Waals surface area contributed by atoms with Crippen molar-refractivity contribution >= 4 is 5.91 Å². The molecule has 2 N–H and O–H groups in total. The molecular formula is C15H24N2O. The average Bonchev–Trinajstić information content (AvgIpc) is 2.34. The number of benzene rings is 1. The molecular weight excluding hydrogens is 224 g/mol. The summed E-state index contributed by atoms with van der Waals surface area (Å²) in [5, 5.41) is 6.14. The molecule has 0 saturated heterocycles. The monoisotopic (exact) mass is 248 g/mol. The molecule has 0 spiro atoms. The van der Waals surface area contributed by atoms with Crippen LogP contribution in [0.1, 0.15) is 39.3 Å². The summed E-state index contributed by atoms with van der Waals surface area (Å²) in [4.78, 5) is 12.0. The molecule has 2 atom stereocenters. The molecule has 0 fully saturated rings. The zero-order valence-electron chi connectivity index (χ0n) is 11.9. The van der Waals surface area contributed by atoms with Crippen molar-refractivity contribution < 1.29 is 4.79 Å². The third-order valence-electron chi connectivity index (χ3n) is 3.09. The van der Waals surface area contributed by atoms with E-state index in [1.165, 1.54) is 5.56 Å². The van der Waals surface area contributed by atoms with Gasteiger partial charge in [-0.3, -0.25) is 10.1 Å². The van der Waals surface area contributed by atoms with Crippen LogP contribution in [0.25, 0.3) is 0 Å². The van der Waals surface area contributed by atoms with Gasteiger partial charge in [0.15, 0.2) is 0 Å². The Balaban J connectivity index is 2.82. The summed E-state index contributed by atoms with van der Waals surface area (Å²) < 4.78 is 0. The van der Waals surface area contributed by atoms with Crippen molar-refractivity contribution in [2.45, 2.75) is 39.8 Å². The number of hydrogen-bond acceptors (Lipinski definition) is 2. The Morgan fingerprint density at radius 2 is 1.72 bits per heavy atom. The van der Waals surface area contributed by atoms with Crippen LogP contribution in [-0.2, 0) is 4.79 Å². The van der Waals surface area contributed by atoms with E-state index in [1.807, 2.05) is 18.2 Å². The minimum Gasteiger partial charge on any atom is -0.358 e. The summed E-state index contributed by atoms with van der Waals surface area (Å²) in [5.74, 6) is 0.0327. The Hall–Kier alpha value is -1.35. The lowest BCUT2D eigenvalue weighted by Crippen LogP contribution is -2.51. The lowest BCUT2D eigenvalue weighted by molar-refractivity contribution is -0.125. The molecule has 18 heavy (non-hydrogen) atoms. The topological polar surface area (TPSA) is 41.1 Å². The minimum absolute atomic E-state index is 0.0327. The van der Waals surface area contributed by atoms with Crippen LogP contribution in [0.15, 0.2) is 30.3 Å². The number of likely N-dealkylation sites (N-methyl/N-ethyl adjacent to an activating group) is 1. The molecule has 0 unspecified atom stereocenters. The van der Waals surface area contributed by atoms with Crippen molar-refractivity contribution in [2.24, 2.45) is 5.41 Å². The quantitative estimate of drug-likeness (QED) is 0.859. The fourth-order valence-corrected chi connectivity index (χ4v) is 1.95. The van der Waals surface area contributed by atoms with Gasteiger partial charge in [-0.15, -0.1) is 0 Å². The summed E-state index contributed by atoms with van der Waals surface area (Å²) in [6.07, 6.45) is 0. The van der Waals surface area contributed by atoms with Crippen molar-refractivity contribution in [3.63, 3.8) is 0 Å². The van der Waals surface area contributed by atoms with E-state index in [-0.39, 0.29) is 23.4 Å². The first-order valence-electron chi connectivity index (χ1n) is 6.39. The summed E-state index contributed by atoms with van der Waals surface area (Å²) in [7, 11) is 1.68. The van der Waals surface area contributed by atoms with Crippen LogP contribution in [0.3, 0.4) is 0 Å². The van der Waals surface area contributed by atoms with E-state index >= 15 is 0 Å². The average molecular weight is 248 g/mol. The van der Waals surface area contributed by atoms with E-state index in [9.17, 15) is 4.79 Å². The second-order valence-corrected chi connectivity index (χ2v) is 5.71. The molecule has 0 heterocycles. The number of hydrogen-bond donors (Lipinski definition) is 2. The van der Waals surface area contributed by atoms with Gasteiger partial charge in [-0.25, -0.2) is 0 Å². The summed E-state index contributed by atoms with van der Waals surface area (Å²) >= 11 is 0. The molecule has 0 saturated carbocycles. The van der Waals surface area contributed by atoms with Crippen molar-refractivity contribution in [2.75, 3.05) is 7.05 Å². The van der Waals surface area contributed by atoms with Gasteiger partial charge < -0.3 is 5.32 Å². The van der Waals surface area contributed by atoms with Crippen LogP contribution < -0.4 is 10.6 Å². The number of nitrogens with one attached hydrogen (secondary N) is 2. The van der Waals surface area contributed by atoms with Crippen LogP contribution in [-0.4, -0.2) is 19.0 Å². The van der Waals surface area contributed by atoms with Gasteiger partial charge in [-0.1, -0.05) is 51.1 Å². The van der Waals surface area contributed by atoms with Crippen LogP contribution >= 0.6 is 0 Å². The second-order valence-electron chi connectivity index (χ2n) is 5.71. The minimum atomic E-state index is -0.210. The first-order valence-corrected chi connectivity index (χ1v) is 6.39. The van der Waals surface area contributed by atoms with Crippen molar-refractivity contribution in [1.29, 1.82) is 0 Å². The van der Waals surface area contributed by atoms with Gasteiger partial charge in [0.2, 0.25) is 5.91 Å². The molecule has 100 valence electrons. The molecule has 0 aliphatic carbocycles. The Morgan fingerprint density at radius 1 is 1.17 bits per heavy atom.